The fourth-order valence-electron chi connectivity index (χ4n) is 5.68. The van der Waals surface area contributed by atoms with E-state index in [2.05, 4.69) is 36.5 Å². The van der Waals surface area contributed by atoms with Crippen molar-refractivity contribution >= 4 is 22.1 Å². The van der Waals surface area contributed by atoms with Crippen LogP contribution in [-0.2, 0) is 6.54 Å². The summed E-state index contributed by atoms with van der Waals surface area (Å²) in [5.74, 6) is 1.35. The van der Waals surface area contributed by atoms with Crippen LogP contribution in [0.5, 0.6) is 5.75 Å². The van der Waals surface area contributed by atoms with Gasteiger partial charge < -0.3 is 15.0 Å². The van der Waals surface area contributed by atoms with Crippen LogP contribution in [0.3, 0.4) is 0 Å². The molecule has 0 aliphatic heterocycles. The summed E-state index contributed by atoms with van der Waals surface area (Å²) >= 11 is 0. The van der Waals surface area contributed by atoms with E-state index in [-0.39, 0.29) is 0 Å². The number of fused-ring (bicyclic) bond motifs is 2. The molecule has 0 atom stereocenters. The zero-order valence-electron chi connectivity index (χ0n) is 22.6. The van der Waals surface area contributed by atoms with E-state index in [9.17, 15) is 4.39 Å². The third kappa shape index (κ3) is 5.02. The average Bonchev–Trinajstić information content (AvgIpc) is 3.76. The van der Waals surface area contributed by atoms with E-state index in [1.54, 1.807) is 18.5 Å². The number of rotatable bonds is 8. The third-order valence-corrected chi connectivity index (χ3v) is 7.77. The molecule has 7 rings (SSSR count). The molecule has 41 heavy (non-hydrogen) atoms. The number of pyridine rings is 3. The summed E-state index contributed by atoms with van der Waals surface area (Å²) in [6, 6.07) is 10.6. The van der Waals surface area contributed by atoms with E-state index in [1.807, 2.05) is 24.5 Å². The highest BCUT2D eigenvalue weighted by Gasteiger charge is 2.18. The standard InChI is InChI=1S/C31H29FN8O/c1-41-23-10-20(9-22(32)11-23)24-16-35-17-27-28(24)38-31(37-27)30-29-26(39-40-30)7-6-25(36-29)21-8-19(14-34-15-21)13-33-12-18-4-2-3-5-18/h6-11,14-18,33H,2-5,12-13H2,1H3,(H,37,38)(H,39,40). The first-order chi connectivity index (χ1) is 20.1. The molecule has 1 aromatic carbocycles. The van der Waals surface area contributed by atoms with E-state index in [1.165, 1.54) is 44.9 Å². The number of H-pyrrole nitrogens is 2. The molecule has 5 heterocycles. The van der Waals surface area contributed by atoms with Crippen LogP contribution < -0.4 is 10.1 Å². The van der Waals surface area contributed by atoms with Gasteiger partial charge >= 0.3 is 0 Å². The Labute approximate surface area is 235 Å². The number of hydrogen-bond acceptors (Lipinski definition) is 7. The van der Waals surface area contributed by atoms with Crippen molar-refractivity contribution in [2.75, 3.05) is 13.7 Å². The first kappa shape index (κ1) is 25.3. The highest BCUT2D eigenvalue weighted by atomic mass is 19.1. The lowest BCUT2D eigenvalue weighted by atomic mass is 10.1. The highest BCUT2D eigenvalue weighted by molar-refractivity contribution is 5.96. The van der Waals surface area contributed by atoms with E-state index < -0.39 is 5.82 Å². The topological polar surface area (TPSA) is 117 Å². The van der Waals surface area contributed by atoms with Gasteiger partial charge in [0.25, 0.3) is 0 Å². The Morgan fingerprint density at radius 2 is 1.80 bits per heavy atom. The Kier molecular flexibility index (Phi) is 6.60. The normalized spacial score (nSPS) is 13.9. The Bertz CT molecular complexity index is 1860. The van der Waals surface area contributed by atoms with Crippen molar-refractivity contribution in [2.24, 2.45) is 5.92 Å². The minimum absolute atomic E-state index is 0.398. The van der Waals surface area contributed by atoms with E-state index in [0.717, 1.165) is 41.3 Å². The van der Waals surface area contributed by atoms with Crippen LogP contribution >= 0.6 is 0 Å². The van der Waals surface area contributed by atoms with Gasteiger partial charge in [0.15, 0.2) is 11.5 Å². The number of benzene rings is 1. The van der Waals surface area contributed by atoms with Crippen LogP contribution in [0.15, 0.2) is 61.2 Å². The van der Waals surface area contributed by atoms with Crippen molar-refractivity contribution in [3.05, 3.63) is 72.6 Å². The molecule has 1 aliphatic rings. The maximum Gasteiger partial charge on any atom is 0.161 e. The molecule has 1 aliphatic carbocycles. The van der Waals surface area contributed by atoms with Gasteiger partial charge in [-0.1, -0.05) is 12.8 Å². The molecular weight excluding hydrogens is 519 g/mol. The van der Waals surface area contributed by atoms with Gasteiger partial charge in [0.05, 0.1) is 35.6 Å². The Morgan fingerprint density at radius 3 is 2.68 bits per heavy atom. The monoisotopic (exact) mass is 548 g/mol. The molecule has 10 heteroatoms. The fourth-order valence-corrected chi connectivity index (χ4v) is 5.68. The second-order valence-corrected chi connectivity index (χ2v) is 10.6. The maximum absolute atomic E-state index is 14.3. The van der Waals surface area contributed by atoms with Crippen molar-refractivity contribution in [2.45, 2.75) is 32.2 Å². The summed E-state index contributed by atoms with van der Waals surface area (Å²) in [5, 5.41) is 11.2. The molecule has 0 bridgehead atoms. The van der Waals surface area contributed by atoms with Gasteiger partial charge in [-0.15, -0.1) is 0 Å². The summed E-state index contributed by atoms with van der Waals surface area (Å²) in [7, 11) is 1.51. The number of aromatic amines is 2. The first-order valence-electron chi connectivity index (χ1n) is 13.8. The number of methoxy groups -OCH3 is 1. The quantitative estimate of drug-likeness (QED) is 0.212. The van der Waals surface area contributed by atoms with Crippen LogP contribution in [0.2, 0.25) is 0 Å². The fraction of sp³-hybridized carbons (Fsp3) is 0.258. The average molecular weight is 549 g/mol. The number of imidazole rings is 1. The lowest BCUT2D eigenvalue weighted by Gasteiger charge is -2.11. The Morgan fingerprint density at radius 1 is 0.927 bits per heavy atom. The molecular formula is C31H29FN8O. The van der Waals surface area contributed by atoms with E-state index in [4.69, 9.17) is 14.7 Å². The lowest BCUT2D eigenvalue weighted by Crippen LogP contribution is -2.20. The van der Waals surface area contributed by atoms with Crippen molar-refractivity contribution in [1.29, 1.82) is 0 Å². The van der Waals surface area contributed by atoms with Crippen LogP contribution in [-0.4, -0.2) is 48.8 Å². The van der Waals surface area contributed by atoms with Gasteiger partial charge in [-0.25, -0.2) is 14.4 Å². The Balaban J connectivity index is 1.21. The molecule has 0 radical (unpaired) electrons. The lowest BCUT2D eigenvalue weighted by molar-refractivity contribution is 0.411. The number of halogens is 1. The van der Waals surface area contributed by atoms with Crippen LogP contribution in [0.1, 0.15) is 31.2 Å². The third-order valence-electron chi connectivity index (χ3n) is 7.77. The van der Waals surface area contributed by atoms with Crippen molar-refractivity contribution in [3.63, 3.8) is 0 Å². The molecule has 0 saturated heterocycles. The van der Waals surface area contributed by atoms with E-state index >= 15 is 0 Å². The zero-order chi connectivity index (χ0) is 27.8. The zero-order valence-corrected chi connectivity index (χ0v) is 22.6. The summed E-state index contributed by atoms with van der Waals surface area (Å²) in [6.45, 7) is 1.83. The minimum atomic E-state index is -0.398. The predicted molar refractivity (Wildman–Crippen MR) is 156 cm³/mol. The molecule has 0 unspecified atom stereocenters. The molecule has 206 valence electrons. The smallest absolute Gasteiger partial charge is 0.161 e. The molecule has 0 spiro atoms. The predicted octanol–water partition coefficient (Wildman–Crippen LogP) is 6.05. The summed E-state index contributed by atoms with van der Waals surface area (Å²) in [4.78, 5) is 21.9. The molecule has 6 aromatic rings. The molecule has 9 nitrogen and oxygen atoms in total. The van der Waals surface area contributed by atoms with Gasteiger partial charge in [0.1, 0.15) is 17.1 Å². The van der Waals surface area contributed by atoms with Crippen LogP contribution in [0, 0.1) is 11.7 Å². The van der Waals surface area contributed by atoms with Crippen molar-refractivity contribution in [3.8, 4) is 39.7 Å². The number of ether oxygens (including phenoxy) is 1. The molecule has 3 N–H and O–H groups in total. The van der Waals surface area contributed by atoms with Gasteiger partial charge in [-0.3, -0.25) is 15.1 Å². The number of aromatic nitrogens is 7. The second kappa shape index (κ2) is 10.7. The largest absolute Gasteiger partial charge is 0.497 e. The highest BCUT2D eigenvalue weighted by Crippen LogP contribution is 2.33. The number of nitrogens with one attached hydrogen (secondary N) is 3. The molecule has 1 fully saturated rings. The van der Waals surface area contributed by atoms with Gasteiger partial charge in [-0.05, 0) is 66.8 Å². The van der Waals surface area contributed by atoms with E-state index in [0.29, 0.717) is 44.9 Å². The summed E-state index contributed by atoms with van der Waals surface area (Å²) in [5.41, 5.74) is 7.59. The summed E-state index contributed by atoms with van der Waals surface area (Å²) in [6.07, 6.45) is 12.4. The Hall–Kier alpha value is -4.70. The van der Waals surface area contributed by atoms with Crippen molar-refractivity contribution in [1.82, 2.24) is 40.4 Å². The number of hydrogen-bond donors (Lipinski definition) is 3. The molecule has 0 amide bonds. The minimum Gasteiger partial charge on any atom is -0.497 e. The second-order valence-electron chi connectivity index (χ2n) is 10.6. The molecule has 1 saturated carbocycles. The number of nitrogens with zero attached hydrogens (tertiary/aromatic N) is 5. The van der Waals surface area contributed by atoms with Gasteiger partial charge in [-0.2, -0.15) is 5.10 Å². The van der Waals surface area contributed by atoms with Crippen molar-refractivity contribution < 1.29 is 9.13 Å². The maximum atomic E-state index is 14.3. The van der Waals surface area contributed by atoms with Gasteiger partial charge in [0, 0.05) is 42.3 Å². The SMILES string of the molecule is COc1cc(F)cc(-c2cncc3[nH]c(-c4n[nH]c5ccc(-c6cncc(CNCC7CCCC7)c6)nc45)nc23)c1. The first-order valence-corrected chi connectivity index (χ1v) is 13.8. The van der Waals surface area contributed by atoms with Gasteiger partial charge in [0.2, 0.25) is 0 Å². The summed E-state index contributed by atoms with van der Waals surface area (Å²) < 4.78 is 19.5. The molecule has 5 aromatic heterocycles. The van der Waals surface area contributed by atoms with Crippen LogP contribution in [0.25, 0.3) is 56.0 Å². The van der Waals surface area contributed by atoms with Crippen LogP contribution in [0.4, 0.5) is 4.39 Å².